The summed E-state index contributed by atoms with van der Waals surface area (Å²) in [6, 6.07) is 4.13. The number of thioether (sulfide) groups is 1. The summed E-state index contributed by atoms with van der Waals surface area (Å²) in [4.78, 5) is 16.3. The van der Waals surface area contributed by atoms with Crippen molar-refractivity contribution >= 4 is 17.7 Å². The average Bonchev–Trinajstić information content (AvgIpc) is 2.97. The summed E-state index contributed by atoms with van der Waals surface area (Å²) >= 11 is 1.42. The number of carbonyl (C=O) groups excluding carboxylic acids is 1. The second-order valence-corrected chi connectivity index (χ2v) is 7.27. The minimum absolute atomic E-state index is 0.0738. The number of aromatic nitrogens is 4. The van der Waals surface area contributed by atoms with Gasteiger partial charge in [-0.25, -0.2) is 0 Å². The van der Waals surface area contributed by atoms with E-state index in [4.69, 9.17) is 0 Å². The van der Waals surface area contributed by atoms with E-state index < -0.39 is 0 Å². The molecule has 2 unspecified atom stereocenters. The van der Waals surface area contributed by atoms with Gasteiger partial charge in [0.15, 0.2) is 11.0 Å². The number of nitrogens with zero attached hydrogens (tertiary/aromatic N) is 4. The summed E-state index contributed by atoms with van der Waals surface area (Å²) in [5, 5.41) is 12.3. The standard InChI is InChI=1S/C17H23N5OS/c1-12-6-3-4-8-14(12)19-15(23)11-24-17-21-20-16(22(17)2)13-7-5-9-18-10-13/h5,7,9-10,12,14H,3-4,6,8,11H2,1-2H3,(H,19,23). The molecule has 2 atom stereocenters. The van der Waals surface area contributed by atoms with Crippen LogP contribution in [0.25, 0.3) is 11.4 Å². The van der Waals surface area contributed by atoms with Crippen LogP contribution in [-0.2, 0) is 11.8 Å². The summed E-state index contributed by atoms with van der Waals surface area (Å²) in [7, 11) is 1.91. The van der Waals surface area contributed by atoms with Crippen LogP contribution in [0.2, 0.25) is 0 Å². The summed E-state index contributed by atoms with van der Waals surface area (Å²) in [6.07, 6.45) is 8.27. The highest BCUT2D eigenvalue weighted by molar-refractivity contribution is 7.99. The molecule has 7 heteroatoms. The summed E-state index contributed by atoms with van der Waals surface area (Å²) in [5.41, 5.74) is 0.917. The molecule has 128 valence electrons. The van der Waals surface area contributed by atoms with Crippen molar-refractivity contribution < 1.29 is 4.79 Å². The quantitative estimate of drug-likeness (QED) is 0.844. The van der Waals surface area contributed by atoms with E-state index in [0.717, 1.165) is 23.0 Å². The van der Waals surface area contributed by atoms with E-state index in [-0.39, 0.29) is 5.91 Å². The zero-order valence-electron chi connectivity index (χ0n) is 14.1. The zero-order chi connectivity index (χ0) is 16.9. The molecule has 0 spiro atoms. The molecule has 6 nitrogen and oxygen atoms in total. The molecule has 2 heterocycles. The van der Waals surface area contributed by atoms with Gasteiger partial charge < -0.3 is 9.88 Å². The number of rotatable bonds is 5. The van der Waals surface area contributed by atoms with Crippen LogP contribution < -0.4 is 5.32 Å². The SMILES string of the molecule is CC1CCCCC1NC(=O)CSc1nnc(-c2cccnc2)n1C. The minimum atomic E-state index is 0.0738. The molecule has 1 aliphatic carbocycles. The molecule has 2 aromatic heterocycles. The Kier molecular flexibility index (Phi) is 5.50. The molecule has 0 saturated heterocycles. The molecule has 2 aromatic rings. The molecular weight excluding hydrogens is 322 g/mol. The summed E-state index contributed by atoms with van der Waals surface area (Å²) in [5.74, 6) is 1.76. The minimum Gasteiger partial charge on any atom is -0.352 e. The van der Waals surface area contributed by atoms with Crippen LogP contribution in [0, 0.1) is 5.92 Å². The Balaban J connectivity index is 1.57. The van der Waals surface area contributed by atoms with Gasteiger partial charge in [-0.15, -0.1) is 10.2 Å². The second kappa shape index (κ2) is 7.79. The molecule has 0 bridgehead atoms. The Morgan fingerprint density at radius 2 is 2.21 bits per heavy atom. The van der Waals surface area contributed by atoms with Gasteiger partial charge in [0.25, 0.3) is 0 Å². The highest BCUT2D eigenvalue weighted by Gasteiger charge is 2.23. The predicted octanol–water partition coefficient (Wildman–Crippen LogP) is 2.66. The fraction of sp³-hybridized carbons (Fsp3) is 0.529. The molecular formula is C17H23N5OS. The number of hydrogen-bond acceptors (Lipinski definition) is 5. The average molecular weight is 345 g/mol. The Labute approximate surface area is 146 Å². The Morgan fingerprint density at radius 1 is 1.38 bits per heavy atom. The van der Waals surface area contributed by atoms with Crippen molar-refractivity contribution in [3.63, 3.8) is 0 Å². The number of amides is 1. The lowest BCUT2D eigenvalue weighted by atomic mass is 9.86. The largest absolute Gasteiger partial charge is 0.352 e. The van der Waals surface area contributed by atoms with Gasteiger partial charge in [0.05, 0.1) is 5.75 Å². The lowest BCUT2D eigenvalue weighted by Crippen LogP contribution is -2.41. The van der Waals surface area contributed by atoms with E-state index >= 15 is 0 Å². The first-order valence-electron chi connectivity index (χ1n) is 8.37. The van der Waals surface area contributed by atoms with Crippen LogP contribution in [-0.4, -0.2) is 37.5 Å². The Bertz CT molecular complexity index is 688. The number of hydrogen-bond donors (Lipinski definition) is 1. The lowest BCUT2D eigenvalue weighted by Gasteiger charge is -2.29. The zero-order valence-corrected chi connectivity index (χ0v) is 14.9. The molecule has 0 radical (unpaired) electrons. The van der Waals surface area contributed by atoms with Crippen molar-refractivity contribution in [3.05, 3.63) is 24.5 Å². The first-order valence-corrected chi connectivity index (χ1v) is 9.35. The van der Waals surface area contributed by atoms with Crippen LogP contribution in [0.4, 0.5) is 0 Å². The first kappa shape index (κ1) is 17.0. The maximum Gasteiger partial charge on any atom is 0.230 e. The van der Waals surface area contributed by atoms with Crippen LogP contribution >= 0.6 is 11.8 Å². The fourth-order valence-electron chi connectivity index (χ4n) is 3.10. The van der Waals surface area contributed by atoms with E-state index in [1.807, 2.05) is 23.7 Å². The molecule has 1 N–H and O–H groups in total. The molecule has 1 amide bonds. The van der Waals surface area contributed by atoms with Gasteiger partial charge in [-0.05, 0) is 30.9 Å². The topological polar surface area (TPSA) is 72.7 Å². The van der Waals surface area contributed by atoms with Gasteiger partial charge in [-0.1, -0.05) is 31.5 Å². The van der Waals surface area contributed by atoms with E-state index in [9.17, 15) is 4.79 Å². The number of nitrogens with one attached hydrogen (secondary N) is 1. The monoisotopic (exact) mass is 345 g/mol. The maximum absolute atomic E-state index is 12.2. The van der Waals surface area contributed by atoms with Crippen LogP contribution in [0.5, 0.6) is 0 Å². The molecule has 3 rings (SSSR count). The van der Waals surface area contributed by atoms with Crippen molar-refractivity contribution in [1.29, 1.82) is 0 Å². The molecule has 1 saturated carbocycles. The smallest absolute Gasteiger partial charge is 0.230 e. The number of pyridine rings is 1. The van der Waals surface area contributed by atoms with Gasteiger partial charge in [-0.2, -0.15) is 0 Å². The summed E-state index contributed by atoms with van der Waals surface area (Å²) in [6.45, 7) is 2.22. The van der Waals surface area contributed by atoms with Crippen LogP contribution in [0.15, 0.2) is 29.7 Å². The highest BCUT2D eigenvalue weighted by atomic mass is 32.2. The van der Waals surface area contributed by atoms with Crippen LogP contribution in [0.3, 0.4) is 0 Å². The van der Waals surface area contributed by atoms with Gasteiger partial charge >= 0.3 is 0 Å². The van der Waals surface area contributed by atoms with Crippen molar-refractivity contribution in [2.45, 2.75) is 43.8 Å². The van der Waals surface area contributed by atoms with Gasteiger partial charge in [0.2, 0.25) is 5.91 Å². The molecule has 1 fully saturated rings. The van der Waals surface area contributed by atoms with Crippen molar-refractivity contribution in [2.75, 3.05) is 5.75 Å². The van der Waals surface area contributed by atoms with E-state index in [1.165, 1.54) is 31.0 Å². The van der Waals surface area contributed by atoms with E-state index in [1.54, 1.807) is 12.4 Å². The lowest BCUT2D eigenvalue weighted by molar-refractivity contribution is -0.119. The van der Waals surface area contributed by atoms with Crippen molar-refractivity contribution in [1.82, 2.24) is 25.1 Å². The Morgan fingerprint density at radius 3 is 2.96 bits per heavy atom. The molecule has 0 aromatic carbocycles. The van der Waals surface area contributed by atoms with E-state index in [0.29, 0.717) is 17.7 Å². The van der Waals surface area contributed by atoms with E-state index in [2.05, 4.69) is 27.4 Å². The van der Waals surface area contributed by atoms with Crippen molar-refractivity contribution in [3.8, 4) is 11.4 Å². The van der Waals surface area contributed by atoms with Gasteiger partial charge in [0.1, 0.15) is 0 Å². The molecule has 0 aliphatic heterocycles. The third kappa shape index (κ3) is 3.95. The highest BCUT2D eigenvalue weighted by Crippen LogP contribution is 2.25. The molecule has 1 aliphatic rings. The number of carbonyl (C=O) groups is 1. The predicted molar refractivity (Wildman–Crippen MR) is 94.5 cm³/mol. The normalized spacial score (nSPS) is 20.8. The fourth-order valence-corrected chi connectivity index (χ4v) is 3.82. The van der Waals surface area contributed by atoms with Crippen LogP contribution in [0.1, 0.15) is 32.6 Å². The first-order chi connectivity index (χ1) is 11.6. The third-order valence-corrected chi connectivity index (χ3v) is 5.57. The molecule has 24 heavy (non-hydrogen) atoms. The van der Waals surface area contributed by atoms with Crippen molar-refractivity contribution in [2.24, 2.45) is 13.0 Å². The summed E-state index contributed by atoms with van der Waals surface area (Å²) < 4.78 is 1.90. The third-order valence-electron chi connectivity index (χ3n) is 4.54. The maximum atomic E-state index is 12.2. The van der Waals surface area contributed by atoms with Gasteiger partial charge in [-0.3, -0.25) is 9.78 Å². The Hall–Kier alpha value is -1.89. The van der Waals surface area contributed by atoms with Gasteiger partial charge in [0, 0.05) is 31.0 Å². The second-order valence-electron chi connectivity index (χ2n) is 6.33.